The van der Waals surface area contributed by atoms with Crippen LogP contribution in [0.15, 0.2) is 18.2 Å². The van der Waals surface area contributed by atoms with Crippen LogP contribution in [0, 0.1) is 24.0 Å². The van der Waals surface area contributed by atoms with Crippen LogP contribution in [0.5, 0.6) is 0 Å². The first kappa shape index (κ1) is 21.6. The second kappa shape index (κ2) is 8.74. The van der Waals surface area contributed by atoms with Gasteiger partial charge in [0.2, 0.25) is 0 Å². The number of amides is 1. The van der Waals surface area contributed by atoms with Gasteiger partial charge in [0.15, 0.2) is 0 Å². The number of H-pyrrole nitrogens is 1. The number of carbonyl (C=O) groups is 2. The summed E-state index contributed by atoms with van der Waals surface area (Å²) in [5, 5.41) is 11.7. The number of nitrogens with one attached hydrogen (secondary N) is 1. The average Bonchev–Trinajstić information content (AvgIpc) is 3.01. The summed E-state index contributed by atoms with van der Waals surface area (Å²) in [6, 6.07) is 4.57. The lowest BCUT2D eigenvalue weighted by Gasteiger charge is -2.35. The molecule has 0 radical (unpaired) electrons. The van der Waals surface area contributed by atoms with Gasteiger partial charge >= 0.3 is 5.97 Å². The number of piperazine rings is 1. The van der Waals surface area contributed by atoms with Crippen LogP contribution in [0.2, 0.25) is 5.02 Å². The smallest absolute Gasteiger partial charge is 0.340 e. The van der Waals surface area contributed by atoms with Crippen LogP contribution in [-0.4, -0.2) is 59.5 Å². The maximum Gasteiger partial charge on any atom is 0.340 e. The van der Waals surface area contributed by atoms with Gasteiger partial charge in [-0.15, -0.1) is 0 Å². The Morgan fingerprint density at radius 3 is 2.50 bits per heavy atom. The third-order valence-electron chi connectivity index (χ3n) is 5.17. The molecule has 10 heteroatoms. The normalized spacial score (nSPS) is 14.0. The highest BCUT2D eigenvalue weighted by molar-refractivity contribution is 6.30. The summed E-state index contributed by atoms with van der Waals surface area (Å²) in [5.74, 6) is -0.668. The number of esters is 1. The standard InChI is InChI=1S/C20H23ClN4O5/c1-4-30-20(27)17-12(2)18(22-13(17)3)19(26)24-9-7-23(8-10-24)15-6-5-14(21)11-16(15)25(28)29/h5-6,11,22H,4,7-10H2,1-3H3. The first-order chi connectivity index (χ1) is 14.2. The minimum absolute atomic E-state index is 0.0582. The van der Waals surface area contributed by atoms with Gasteiger partial charge in [-0.3, -0.25) is 14.9 Å². The third-order valence-corrected chi connectivity index (χ3v) is 5.41. The molecular weight excluding hydrogens is 412 g/mol. The van der Waals surface area contributed by atoms with Gasteiger partial charge in [-0.2, -0.15) is 0 Å². The Morgan fingerprint density at radius 2 is 1.90 bits per heavy atom. The van der Waals surface area contributed by atoms with Crippen molar-refractivity contribution in [2.45, 2.75) is 20.8 Å². The van der Waals surface area contributed by atoms with Gasteiger partial charge in [0.1, 0.15) is 11.4 Å². The number of nitrogens with zero attached hydrogens (tertiary/aromatic N) is 3. The number of hydrogen-bond donors (Lipinski definition) is 1. The van der Waals surface area contributed by atoms with Gasteiger partial charge in [-0.1, -0.05) is 11.6 Å². The lowest BCUT2D eigenvalue weighted by Crippen LogP contribution is -2.49. The van der Waals surface area contributed by atoms with Crippen LogP contribution in [-0.2, 0) is 4.74 Å². The molecule has 1 aliphatic heterocycles. The van der Waals surface area contributed by atoms with Crippen molar-refractivity contribution in [3.63, 3.8) is 0 Å². The van der Waals surface area contributed by atoms with Crippen molar-refractivity contribution in [1.29, 1.82) is 0 Å². The number of aromatic amines is 1. The number of benzene rings is 1. The number of halogens is 1. The Hall–Kier alpha value is -3.07. The highest BCUT2D eigenvalue weighted by atomic mass is 35.5. The highest BCUT2D eigenvalue weighted by Crippen LogP contribution is 2.32. The molecule has 3 rings (SSSR count). The van der Waals surface area contributed by atoms with E-state index in [0.717, 1.165) is 0 Å². The van der Waals surface area contributed by atoms with Crippen molar-refractivity contribution < 1.29 is 19.2 Å². The van der Waals surface area contributed by atoms with Crippen LogP contribution >= 0.6 is 11.6 Å². The largest absolute Gasteiger partial charge is 0.462 e. The van der Waals surface area contributed by atoms with Crippen LogP contribution in [0.1, 0.15) is 39.0 Å². The second-order valence-electron chi connectivity index (χ2n) is 7.01. The van der Waals surface area contributed by atoms with E-state index in [4.69, 9.17) is 16.3 Å². The molecule has 9 nitrogen and oxygen atoms in total. The van der Waals surface area contributed by atoms with E-state index in [1.165, 1.54) is 6.07 Å². The van der Waals surface area contributed by atoms with E-state index >= 15 is 0 Å². The highest BCUT2D eigenvalue weighted by Gasteiger charge is 2.30. The van der Waals surface area contributed by atoms with Crippen molar-refractivity contribution in [1.82, 2.24) is 9.88 Å². The minimum atomic E-state index is -0.458. The molecule has 30 heavy (non-hydrogen) atoms. The summed E-state index contributed by atoms with van der Waals surface area (Å²) in [6.45, 7) is 7.10. The van der Waals surface area contributed by atoms with E-state index in [-0.39, 0.29) is 18.2 Å². The number of anilines is 1. The van der Waals surface area contributed by atoms with Gasteiger partial charge < -0.3 is 19.5 Å². The van der Waals surface area contributed by atoms with Crippen LogP contribution < -0.4 is 4.90 Å². The topological polar surface area (TPSA) is 109 Å². The van der Waals surface area contributed by atoms with Gasteiger partial charge in [0, 0.05) is 43.0 Å². The molecule has 0 aliphatic carbocycles. The molecule has 1 aromatic carbocycles. The maximum absolute atomic E-state index is 13.0. The molecule has 0 bridgehead atoms. The Bertz CT molecular complexity index is 995. The van der Waals surface area contributed by atoms with Gasteiger partial charge in [-0.25, -0.2) is 4.79 Å². The number of hydrogen-bond acceptors (Lipinski definition) is 6. The molecule has 0 saturated carbocycles. The molecule has 160 valence electrons. The van der Waals surface area contributed by atoms with E-state index in [1.54, 1.807) is 37.8 Å². The fourth-order valence-corrected chi connectivity index (χ4v) is 3.86. The molecule has 1 fully saturated rings. The number of rotatable bonds is 5. The molecule has 0 unspecified atom stereocenters. The van der Waals surface area contributed by atoms with Crippen molar-refractivity contribution in [3.05, 3.63) is 55.9 Å². The zero-order valence-electron chi connectivity index (χ0n) is 17.0. The Balaban J connectivity index is 1.75. The fourth-order valence-electron chi connectivity index (χ4n) is 3.69. The first-order valence-electron chi connectivity index (χ1n) is 9.59. The summed E-state index contributed by atoms with van der Waals surface area (Å²) < 4.78 is 5.08. The van der Waals surface area contributed by atoms with Gasteiger partial charge in [0.05, 0.1) is 17.1 Å². The quantitative estimate of drug-likeness (QED) is 0.439. The molecule has 2 heterocycles. The summed E-state index contributed by atoms with van der Waals surface area (Å²) in [5.41, 5.74) is 2.32. The van der Waals surface area contributed by atoms with E-state index in [2.05, 4.69) is 4.98 Å². The molecule has 1 saturated heterocycles. The van der Waals surface area contributed by atoms with E-state index in [0.29, 0.717) is 59.4 Å². The second-order valence-corrected chi connectivity index (χ2v) is 7.45. The number of carbonyl (C=O) groups excluding carboxylic acids is 2. The monoisotopic (exact) mass is 434 g/mol. The van der Waals surface area contributed by atoms with Crippen LogP contribution in [0.4, 0.5) is 11.4 Å². The molecule has 1 amide bonds. The van der Waals surface area contributed by atoms with Gasteiger partial charge in [-0.05, 0) is 38.5 Å². The molecular formula is C20H23ClN4O5. The van der Waals surface area contributed by atoms with Crippen LogP contribution in [0.3, 0.4) is 0 Å². The van der Waals surface area contributed by atoms with E-state index in [1.807, 2.05) is 4.90 Å². The Morgan fingerprint density at radius 1 is 1.23 bits per heavy atom. The molecule has 0 spiro atoms. The predicted molar refractivity (Wildman–Crippen MR) is 112 cm³/mol. The molecule has 2 aromatic rings. The number of aromatic nitrogens is 1. The van der Waals surface area contributed by atoms with E-state index in [9.17, 15) is 19.7 Å². The number of nitro groups is 1. The summed E-state index contributed by atoms with van der Waals surface area (Å²) >= 11 is 5.89. The summed E-state index contributed by atoms with van der Waals surface area (Å²) in [7, 11) is 0. The van der Waals surface area contributed by atoms with E-state index < -0.39 is 10.9 Å². The van der Waals surface area contributed by atoms with Crippen molar-refractivity contribution in [3.8, 4) is 0 Å². The molecule has 1 aromatic heterocycles. The molecule has 1 aliphatic rings. The number of nitro benzene ring substituents is 1. The Kier molecular flexibility index (Phi) is 6.31. The van der Waals surface area contributed by atoms with Crippen LogP contribution in [0.25, 0.3) is 0 Å². The lowest BCUT2D eigenvalue weighted by atomic mass is 10.1. The fraction of sp³-hybridized carbons (Fsp3) is 0.400. The SMILES string of the molecule is CCOC(=O)c1c(C)[nH]c(C(=O)N2CCN(c3ccc(Cl)cc3[N+](=O)[O-])CC2)c1C. The Labute approximate surface area is 178 Å². The first-order valence-corrected chi connectivity index (χ1v) is 9.96. The predicted octanol–water partition coefficient (Wildman–Crippen LogP) is 3.33. The lowest BCUT2D eigenvalue weighted by molar-refractivity contribution is -0.384. The summed E-state index contributed by atoms with van der Waals surface area (Å²) in [6.07, 6.45) is 0. The maximum atomic E-state index is 13.0. The van der Waals surface area contributed by atoms with Crippen molar-refractivity contribution in [2.75, 3.05) is 37.7 Å². The molecule has 1 N–H and O–H groups in total. The van der Waals surface area contributed by atoms with Crippen molar-refractivity contribution in [2.24, 2.45) is 0 Å². The van der Waals surface area contributed by atoms with Gasteiger partial charge in [0.25, 0.3) is 11.6 Å². The number of aryl methyl sites for hydroxylation is 1. The summed E-state index contributed by atoms with van der Waals surface area (Å²) in [4.78, 5) is 42.7. The van der Waals surface area contributed by atoms with Crippen molar-refractivity contribution >= 4 is 34.9 Å². The zero-order chi connectivity index (χ0) is 22.0. The molecule has 0 atom stereocenters. The third kappa shape index (κ3) is 4.11. The zero-order valence-corrected chi connectivity index (χ0v) is 17.8. The number of ether oxygens (including phenoxy) is 1. The minimum Gasteiger partial charge on any atom is -0.462 e. The average molecular weight is 435 g/mol.